The van der Waals surface area contributed by atoms with E-state index in [1.54, 1.807) is 27.2 Å². The quantitative estimate of drug-likeness (QED) is 0.557. The summed E-state index contributed by atoms with van der Waals surface area (Å²) in [6, 6.07) is 5.66. The molecule has 0 spiro atoms. The van der Waals surface area contributed by atoms with Gasteiger partial charge >= 0.3 is 5.97 Å². The second kappa shape index (κ2) is 9.28. The number of benzene rings is 1. The Morgan fingerprint density at radius 2 is 1.85 bits per heavy atom. The van der Waals surface area contributed by atoms with Gasteiger partial charge in [0.25, 0.3) is 0 Å². The van der Waals surface area contributed by atoms with E-state index in [9.17, 15) is 9.59 Å². The van der Waals surface area contributed by atoms with E-state index in [1.165, 1.54) is 11.8 Å². The van der Waals surface area contributed by atoms with E-state index in [0.29, 0.717) is 11.5 Å². The van der Waals surface area contributed by atoms with Gasteiger partial charge in [0.2, 0.25) is 5.91 Å². The maximum atomic E-state index is 11.9. The molecule has 0 aliphatic carbocycles. The Morgan fingerprint density at radius 1 is 1.15 bits per heavy atom. The summed E-state index contributed by atoms with van der Waals surface area (Å²) < 4.78 is 15.4. The zero-order chi connectivity index (χ0) is 19.1. The van der Waals surface area contributed by atoms with Gasteiger partial charge in [-0.25, -0.2) is 4.98 Å². The number of carbonyl (C=O) groups is 2. The van der Waals surface area contributed by atoms with E-state index >= 15 is 0 Å². The number of ether oxygens (including phenoxy) is 3. The van der Waals surface area contributed by atoms with Crippen LogP contribution < -0.4 is 14.8 Å². The molecule has 26 heavy (non-hydrogen) atoms. The Hall–Kier alpha value is -2.48. The second-order valence-electron chi connectivity index (χ2n) is 5.38. The van der Waals surface area contributed by atoms with Gasteiger partial charge in [0.15, 0.2) is 11.5 Å². The Morgan fingerprint density at radius 3 is 2.50 bits per heavy atom. The summed E-state index contributed by atoms with van der Waals surface area (Å²) in [5, 5.41) is 4.20. The van der Waals surface area contributed by atoms with Crippen LogP contribution in [0.1, 0.15) is 12.5 Å². The SMILES string of the molecule is CCOC(=O)CNC(=O)CSc1nc2cc(OC)c(OC)cc2cc1C. The number of aromatic nitrogens is 1. The van der Waals surface area contributed by atoms with Crippen molar-refractivity contribution >= 4 is 34.5 Å². The van der Waals surface area contributed by atoms with Gasteiger partial charge in [0.1, 0.15) is 11.6 Å². The highest BCUT2D eigenvalue weighted by molar-refractivity contribution is 7.99. The van der Waals surface area contributed by atoms with Crippen molar-refractivity contribution in [2.24, 2.45) is 0 Å². The molecule has 2 rings (SSSR count). The van der Waals surface area contributed by atoms with Gasteiger partial charge in [-0.05, 0) is 31.5 Å². The summed E-state index contributed by atoms with van der Waals surface area (Å²) in [6.45, 7) is 3.81. The Kier molecular flexibility index (Phi) is 7.08. The molecule has 0 aliphatic heterocycles. The molecule has 1 heterocycles. The molecule has 0 atom stereocenters. The van der Waals surface area contributed by atoms with Gasteiger partial charge in [-0.1, -0.05) is 11.8 Å². The standard InChI is InChI=1S/C18H22N2O5S/c1-5-25-17(22)9-19-16(21)10-26-18-11(2)6-12-7-14(23-3)15(24-4)8-13(12)20-18/h6-8H,5,9-10H2,1-4H3,(H,19,21). The number of methoxy groups -OCH3 is 2. The fourth-order valence-corrected chi connectivity index (χ4v) is 3.12. The lowest BCUT2D eigenvalue weighted by molar-refractivity contribution is -0.143. The van der Waals surface area contributed by atoms with Gasteiger partial charge in [-0.3, -0.25) is 9.59 Å². The van der Waals surface area contributed by atoms with Crippen molar-refractivity contribution in [3.8, 4) is 11.5 Å². The smallest absolute Gasteiger partial charge is 0.325 e. The molecule has 140 valence electrons. The molecular weight excluding hydrogens is 356 g/mol. The minimum Gasteiger partial charge on any atom is -0.493 e. The topological polar surface area (TPSA) is 86.8 Å². The van der Waals surface area contributed by atoms with Gasteiger partial charge in [0, 0.05) is 11.5 Å². The number of fused-ring (bicyclic) bond motifs is 1. The number of carbonyl (C=O) groups excluding carboxylic acids is 2. The third kappa shape index (κ3) is 5.01. The first-order valence-electron chi connectivity index (χ1n) is 8.07. The highest BCUT2D eigenvalue weighted by Crippen LogP contribution is 2.33. The van der Waals surface area contributed by atoms with Crippen LogP contribution in [0, 0.1) is 6.92 Å². The minimum atomic E-state index is -0.452. The van der Waals surface area contributed by atoms with Crippen molar-refractivity contribution in [3.05, 3.63) is 23.8 Å². The fraction of sp³-hybridized carbons (Fsp3) is 0.389. The fourth-order valence-electron chi connectivity index (χ4n) is 2.30. The van der Waals surface area contributed by atoms with Crippen molar-refractivity contribution in [1.82, 2.24) is 10.3 Å². The number of esters is 1. The molecule has 1 N–H and O–H groups in total. The highest BCUT2D eigenvalue weighted by atomic mass is 32.2. The van der Waals surface area contributed by atoms with Crippen LogP contribution in [0.4, 0.5) is 0 Å². The minimum absolute atomic E-state index is 0.131. The predicted molar refractivity (Wildman–Crippen MR) is 100.0 cm³/mol. The van der Waals surface area contributed by atoms with Crippen molar-refractivity contribution in [3.63, 3.8) is 0 Å². The number of pyridine rings is 1. The van der Waals surface area contributed by atoms with Gasteiger partial charge in [0.05, 0.1) is 32.1 Å². The van der Waals surface area contributed by atoms with E-state index in [1.807, 2.05) is 19.1 Å². The molecule has 0 radical (unpaired) electrons. The first-order valence-corrected chi connectivity index (χ1v) is 9.05. The average molecular weight is 378 g/mol. The predicted octanol–water partition coefficient (Wildman–Crippen LogP) is 2.33. The van der Waals surface area contributed by atoms with Crippen LogP contribution in [0.25, 0.3) is 10.9 Å². The molecule has 0 saturated heterocycles. The molecule has 0 unspecified atom stereocenters. The number of hydrogen-bond acceptors (Lipinski definition) is 7. The molecule has 1 amide bonds. The largest absolute Gasteiger partial charge is 0.493 e. The van der Waals surface area contributed by atoms with E-state index in [4.69, 9.17) is 14.2 Å². The van der Waals surface area contributed by atoms with E-state index in [0.717, 1.165) is 21.5 Å². The van der Waals surface area contributed by atoms with Crippen molar-refractivity contribution < 1.29 is 23.8 Å². The Labute approximate surface area is 156 Å². The summed E-state index contributed by atoms with van der Waals surface area (Å²) in [7, 11) is 3.16. The maximum absolute atomic E-state index is 11.9. The lowest BCUT2D eigenvalue weighted by Gasteiger charge is -2.11. The molecule has 0 fully saturated rings. The zero-order valence-electron chi connectivity index (χ0n) is 15.3. The van der Waals surface area contributed by atoms with Crippen LogP contribution in [-0.4, -0.2) is 50.0 Å². The number of amides is 1. The summed E-state index contributed by atoms with van der Waals surface area (Å²) in [4.78, 5) is 27.7. The molecule has 1 aromatic carbocycles. The van der Waals surface area contributed by atoms with Gasteiger partial charge in [-0.15, -0.1) is 0 Å². The first-order chi connectivity index (χ1) is 12.5. The molecule has 0 saturated carbocycles. The summed E-state index contributed by atoms with van der Waals surface area (Å²) in [5.41, 5.74) is 1.70. The molecule has 7 nitrogen and oxygen atoms in total. The normalized spacial score (nSPS) is 10.5. The van der Waals surface area contributed by atoms with Crippen LogP contribution in [0.5, 0.6) is 11.5 Å². The van der Waals surface area contributed by atoms with Crippen LogP contribution >= 0.6 is 11.8 Å². The van der Waals surface area contributed by atoms with Crippen LogP contribution in [0.2, 0.25) is 0 Å². The van der Waals surface area contributed by atoms with E-state index in [2.05, 4.69) is 10.3 Å². The van der Waals surface area contributed by atoms with Crippen LogP contribution in [-0.2, 0) is 14.3 Å². The number of hydrogen-bond donors (Lipinski definition) is 1. The number of nitrogens with zero attached hydrogens (tertiary/aromatic N) is 1. The van der Waals surface area contributed by atoms with Crippen molar-refractivity contribution in [2.45, 2.75) is 18.9 Å². The van der Waals surface area contributed by atoms with Gasteiger partial charge < -0.3 is 19.5 Å². The third-order valence-electron chi connectivity index (χ3n) is 3.54. The van der Waals surface area contributed by atoms with E-state index in [-0.39, 0.29) is 24.8 Å². The number of nitrogens with one attached hydrogen (secondary N) is 1. The van der Waals surface area contributed by atoms with E-state index < -0.39 is 5.97 Å². The molecule has 2 aromatic rings. The Bertz CT molecular complexity index is 810. The molecular formula is C18H22N2O5S. The molecule has 8 heteroatoms. The molecule has 1 aromatic heterocycles. The highest BCUT2D eigenvalue weighted by Gasteiger charge is 2.12. The second-order valence-corrected chi connectivity index (χ2v) is 6.34. The number of aryl methyl sites for hydroxylation is 1. The summed E-state index contributed by atoms with van der Waals surface area (Å²) >= 11 is 1.31. The van der Waals surface area contributed by atoms with Gasteiger partial charge in [-0.2, -0.15) is 0 Å². The molecule has 0 aliphatic rings. The lowest BCUT2D eigenvalue weighted by Crippen LogP contribution is -2.31. The summed E-state index contributed by atoms with van der Waals surface area (Å²) in [6.07, 6.45) is 0. The summed E-state index contributed by atoms with van der Waals surface area (Å²) in [5.74, 6) is 0.689. The Balaban J connectivity index is 2.08. The number of rotatable bonds is 8. The lowest BCUT2D eigenvalue weighted by atomic mass is 10.1. The van der Waals surface area contributed by atoms with Crippen LogP contribution in [0.15, 0.2) is 23.2 Å². The van der Waals surface area contributed by atoms with Crippen molar-refractivity contribution in [1.29, 1.82) is 0 Å². The maximum Gasteiger partial charge on any atom is 0.325 e. The molecule has 0 bridgehead atoms. The number of thioether (sulfide) groups is 1. The zero-order valence-corrected chi connectivity index (χ0v) is 16.1. The van der Waals surface area contributed by atoms with Crippen molar-refractivity contribution in [2.75, 3.05) is 33.1 Å². The third-order valence-corrected chi connectivity index (χ3v) is 4.63. The first kappa shape index (κ1) is 19.8. The monoisotopic (exact) mass is 378 g/mol. The average Bonchev–Trinajstić information content (AvgIpc) is 2.63. The van der Waals surface area contributed by atoms with Crippen LogP contribution in [0.3, 0.4) is 0 Å².